The summed E-state index contributed by atoms with van der Waals surface area (Å²) in [6.07, 6.45) is 3.71. The number of nitrogens with one attached hydrogen (secondary N) is 1. The maximum atomic E-state index is 4.96. The monoisotopic (exact) mass is 249 g/mol. The van der Waals surface area contributed by atoms with Crippen molar-refractivity contribution in [2.45, 2.75) is 46.3 Å². The lowest BCUT2D eigenvalue weighted by molar-refractivity contribution is 0.384. The lowest BCUT2D eigenvalue weighted by Gasteiger charge is -2.20. The van der Waals surface area contributed by atoms with E-state index in [2.05, 4.69) is 41.2 Å². The van der Waals surface area contributed by atoms with Crippen LogP contribution < -0.4 is 5.32 Å². The zero-order valence-corrected chi connectivity index (χ0v) is 11.3. The summed E-state index contributed by atoms with van der Waals surface area (Å²) in [6.45, 7) is 9.47. The molecule has 2 rings (SSSR count). The molecule has 0 unspecified atom stereocenters. The molecule has 0 aliphatic heterocycles. The second-order valence-corrected chi connectivity index (χ2v) is 5.30. The number of aryl methyl sites for hydroxylation is 1. The Morgan fingerprint density at radius 2 is 2.17 bits per heavy atom. The van der Waals surface area contributed by atoms with Gasteiger partial charge < -0.3 is 14.4 Å². The second kappa shape index (κ2) is 4.89. The predicted octanol–water partition coefficient (Wildman–Crippen LogP) is 1.51. The number of hydrogen-bond acceptors (Lipinski definition) is 5. The van der Waals surface area contributed by atoms with Crippen LogP contribution in [0, 0.1) is 6.92 Å². The molecule has 2 aromatic heterocycles. The smallest absolute Gasteiger partial charge is 0.223 e. The molecule has 0 aliphatic carbocycles. The van der Waals surface area contributed by atoms with E-state index < -0.39 is 0 Å². The lowest BCUT2D eigenvalue weighted by Crippen LogP contribution is -2.36. The number of hydrogen-bond donors (Lipinski definition) is 1. The summed E-state index contributed by atoms with van der Waals surface area (Å²) < 4.78 is 6.97. The van der Waals surface area contributed by atoms with Crippen LogP contribution >= 0.6 is 0 Å². The van der Waals surface area contributed by atoms with E-state index in [0.29, 0.717) is 24.8 Å². The van der Waals surface area contributed by atoms with Crippen LogP contribution in [0.15, 0.2) is 16.9 Å². The first kappa shape index (κ1) is 12.8. The zero-order chi connectivity index (χ0) is 13.2. The fourth-order valence-electron chi connectivity index (χ4n) is 1.55. The summed E-state index contributed by atoms with van der Waals surface area (Å²) in [6, 6.07) is 0. The highest BCUT2D eigenvalue weighted by molar-refractivity contribution is 4.97. The molecular formula is C12H19N5O. The summed E-state index contributed by atoms with van der Waals surface area (Å²) in [4.78, 5) is 8.53. The number of imidazole rings is 1. The second-order valence-electron chi connectivity index (χ2n) is 5.30. The Hall–Kier alpha value is -1.69. The van der Waals surface area contributed by atoms with Crippen molar-refractivity contribution in [1.82, 2.24) is 25.0 Å². The average molecular weight is 249 g/mol. The maximum Gasteiger partial charge on any atom is 0.223 e. The van der Waals surface area contributed by atoms with E-state index in [-0.39, 0.29) is 5.54 Å². The van der Waals surface area contributed by atoms with E-state index in [0.717, 1.165) is 5.82 Å². The van der Waals surface area contributed by atoms with Crippen molar-refractivity contribution in [2.75, 3.05) is 0 Å². The minimum absolute atomic E-state index is 0.0690. The third kappa shape index (κ3) is 3.40. The molecular weight excluding hydrogens is 230 g/mol. The first-order chi connectivity index (χ1) is 8.44. The Morgan fingerprint density at radius 3 is 2.78 bits per heavy atom. The molecule has 0 aliphatic rings. The summed E-state index contributed by atoms with van der Waals surface area (Å²) in [5.74, 6) is 2.22. The van der Waals surface area contributed by atoms with Crippen molar-refractivity contribution < 1.29 is 4.52 Å². The molecule has 0 bridgehead atoms. The van der Waals surface area contributed by atoms with Crippen LogP contribution in [0.5, 0.6) is 0 Å². The molecule has 0 saturated heterocycles. The average Bonchev–Trinajstić information content (AvgIpc) is 2.85. The van der Waals surface area contributed by atoms with Crippen LogP contribution in [0.1, 0.15) is 38.3 Å². The first-order valence-corrected chi connectivity index (χ1v) is 5.98. The number of rotatable bonds is 4. The first-order valence-electron chi connectivity index (χ1n) is 5.98. The van der Waals surface area contributed by atoms with Crippen molar-refractivity contribution in [1.29, 1.82) is 0 Å². The van der Waals surface area contributed by atoms with Gasteiger partial charge in [0.15, 0.2) is 5.82 Å². The fourth-order valence-corrected chi connectivity index (χ4v) is 1.55. The minimum Gasteiger partial charge on any atom is -0.340 e. The zero-order valence-electron chi connectivity index (χ0n) is 11.3. The summed E-state index contributed by atoms with van der Waals surface area (Å²) in [5, 5.41) is 7.29. The molecule has 0 aromatic carbocycles. The Morgan fingerprint density at radius 1 is 1.39 bits per heavy atom. The van der Waals surface area contributed by atoms with Gasteiger partial charge in [0.05, 0.1) is 13.1 Å². The van der Waals surface area contributed by atoms with Gasteiger partial charge in [-0.2, -0.15) is 4.98 Å². The van der Waals surface area contributed by atoms with Gasteiger partial charge in [0.25, 0.3) is 0 Å². The van der Waals surface area contributed by atoms with Gasteiger partial charge >= 0.3 is 0 Å². The van der Waals surface area contributed by atoms with Gasteiger partial charge in [-0.1, -0.05) is 5.16 Å². The van der Waals surface area contributed by atoms with Crippen molar-refractivity contribution in [2.24, 2.45) is 0 Å². The van der Waals surface area contributed by atoms with E-state index in [4.69, 9.17) is 4.52 Å². The molecule has 0 saturated carbocycles. The van der Waals surface area contributed by atoms with E-state index in [1.54, 1.807) is 13.1 Å². The van der Waals surface area contributed by atoms with Gasteiger partial charge in [0.2, 0.25) is 5.89 Å². The Labute approximate surface area is 106 Å². The van der Waals surface area contributed by atoms with E-state index in [1.165, 1.54) is 0 Å². The molecule has 6 heteroatoms. The highest BCUT2D eigenvalue weighted by atomic mass is 16.5. The third-order valence-electron chi connectivity index (χ3n) is 2.46. The van der Waals surface area contributed by atoms with Gasteiger partial charge in [-0.05, 0) is 20.8 Å². The van der Waals surface area contributed by atoms with Crippen molar-refractivity contribution >= 4 is 0 Å². The van der Waals surface area contributed by atoms with Gasteiger partial charge in [0.1, 0.15) is 5.82 Å². The molecule has 0 spiro atoms. The molecule has 98 valence electrons. The normalized spacial score (nSPS) is 12.0. The van der Waals surface area contributed by atoms with E-state index >= 15 is 0 Å². The highest BCUT2D eigenvalue weighted by Gasteiger charge is 2.12. The van der Waals surface area contributed by atoms with Crippen LogP contribution in [-0.2, 0) is 13.1 Å². The minimum atomic E-state index is 0.0690. The highest BCUT2D eigenvalue weighted by Crippen LogP contribution is 2.05. The van der Waals surface area contributed by atoms with Gasteiger partial charge in [-0.15, -0.1) is 0 Å². The summed E-state index contributed by atoms with van der Waals surface area (Å²) in [7, 11) is 0. The molecule has 2 aromatic rings. The summed E-state index contributed by atoms with van der Waals surface area (Å²) in [5.41, 5.74) is 0.0690. The third-order valence-corrected chi connectivity index (χ3v) is 2.46. The molecule has 0 atom stereocenters. The van der Waals surface area contributed by atoms with Crippen molar-refractivity contribution in [3.05, 3.63) is 29.9 Å². The van der Waals surface area contributed by atoms with Crippen LogP contribution in [-0.4, -0.2) is 25.2 Å². The summed E-state index contributed by atoms with van der Waals surface area (Å²) >= 11 is 0. The van der Waals surface area contributed by atoms with Crippen LogP contribution in [0.4, 0.5) is 0 Å². The Bertz CT molecular complexity index is 509. The quantitative estimate of drug-likeness (QED) is 0.889. The van der Waals surface area contributed by atoms with Gasteiger partial charge in [-0.3, -0.25) is 0 Å². The van der Waals surface area contributed by atoms with Gasteiger partial charge in [0, 0.05) is 24.9 Å². The maximum absolute atomic E-state index is 4.96. The van der Waals surface area contributed by atoms with Gasteiger partial charge in [-0.25, -0.2) is 4.98 Å². The number of nitrogens with zero attached hydrogens (tertiary/aromatic N) is 4. The molecule has 0 amide bonds. The molecule has 1 N–H and O–H groups in total. The predicted molar refractivity (Wildman–Crippen MR) is 67.0 cm³/mol. The molecule has 0 fully saturated rings. The Kier molecular flexibility index (Phi) is 3.47. The molecule has 18 heavy (non-hydrogen) atoms. The van der Waals surface area contributed by atoms with Crippen LogP contribution in [0.25, 0.3) is 0 Å². The van der Waals surface area contributed by atoms with E-state index in [9.17, 15) is 0 Å². The molecule has 6 nitrogen and oxygen atoms in total. The lowest BCUT2D eigenvalue weighted by atomic mass is 10.1. The standard InChI is InChI=1S/C12H19N5O/c1-9-15-10(16-18-9)8-17-6-5-13-11(17)7-14-12(2,3)4/h5-6,14H,7-8H2,1-4H3. The van der Waals surface area contributed by atoms with Crippen molar-refractivity contribution in [3.63, 3.8) is 0 Å². The molecule has 0 radical (unpaired) electrons. The number of aromatic nitrogens is 4. The van der Waals surface area contributed by atoms with Crippen molar-refractivity contribution in [3.8, 4) is 0 Å². The van der Waals surface area contributed by atoms with E-state index in [1.807, 2.05) is 10.8 Å². The van der Waals surface area contributed by atoms with Crippen LogP contribution in [0.2, 0.25) is 0 Å². The largest absolute Gasteiger partial charge is 0.340 e. The fraction of sp³-hybridized carbons (Fsp3) is 0.583. The molecule has 2 heterocycles. The Balaban J connectivity index is 2.03. The van der Waals surface area contributed by atoms with Crippen LogP contribution in [0.3, 0.4) is 0 Å². The SMILES string of the molecule is Cc1nc(Cn2ccnc2CNC(C)(C)C)no1. The topological polar surface area (TPSA) is 68.8 Å².